The fourth-order valence-corrected chi connectivity index (χ4v) is 2.78. The molecule has 9 heteroatoms. The monoisotopic (exact) mass is 403 g/mol. The van der Waals surface area contributed by atoms with E-state index in [1.165, 1.54) is 13.3 Å². The molecule has 3 rings (SSSR count). The van der Waals surface area contributed by atoms with Crippen LogP contribution in [-0.2, 0) is 0 Å². The smallest absolute Gasteiger partial charge is 0.311 e. The summed E-state index contributed by atoms with van der Waals surface area (Å²) in [4.78, 5) is 15.3. The van der Waals surface area contributed by atoms with Crippen LogP contribution in [0.2, 0.25) is 0 Å². The first-order valence-corrected chi connectivity index (χ1v) is 8.85. The summed E-state index contributed by atoms with van der Waals surface area (Å²) >= 11 is 5.68. The van der Waals surface area contributed by atoms with Crippen LogP contribution < -0.4 is 19.5 Å². The van der Waals surface area contributed by atoms with Gasteiger partial charge in [0.15, 0.2) is 11.5 Å². The number of pyridine rings is 1. The molecule has 0 aliphatic rings. The maximum absolute atomic E-state index is 11.6. The zero-order valence-corrected chi connectivity index (χ0v) is 16.0. The third-order valence-corrected chi connectivity index (χ3v) is 4.18. The second kappa shape index (κ2) is 8.62. The highest BCUT2D eigenvalue weighted by Crippen LogP contribution is 2.39. The van der Waals surface area contributed by atoms with Gasteiger partial charge in [-0.25, -0.2) is 4.98 Å². The van der Waals surface area contributed by atoms with Crippen LogP contribution in [-0.4, -0.2) is 36.6 Å². The van der Waals surface area contributed by atoms with Crippen molar-refractivity contribution in [1.82, 2.24) is 4.98 Å². The second-order valence-corrected chi connectivity index (χ2v) is 6.06. The van der Waals surface area contributed by atoms with Gasteiger partial charge < -0.3 is 19.5 Å². The maximum Gasteiger partial charge on any atom is 0.311 e. The van der Waals surface area contributed by atoms with Gasteiger partial charge in [-0.05, 0) is 30.3 Å². The molecule has 28 heavy (non-hydrogen) atoms. The van der Waals surface area contributed by atoms with Crippen LogP contribution in [0.5, 0.6) is 17.2 Å². The minimum absolute atomic E-state index is 0.153. The van der Waals surface area contributed by atoms with Gasteiger partial charge in [-0.1, -0.05) is 0 Å². The number of nitro groups is 1. The van der Waals surface area contributed by atoms with Crippen LogP contribution in [0.25, 0.3) is 10.9 Å². The van der Waals surface area contributed by atoms with E-state index in [1.54, 1.807) is 43.5 Å². The summed E-state index contributed by atoms with van der Waals surface area (Å²) in [5.74, 6) is 1.89. The van der Waals surface area contributed by atoms with Gasteiger partial charge in [0, 0.05) is 17.1 Å². The SMILES string of the molecule is COc1ccc(Nc2c([N+](=O)[O-])cnc3cc(OCCCl)c(OC)cc23)cc1. The number of alkyl halides is 1. The molecular formula is C19H18ClN3O5. The Bertz CT molecular complexity index is 995. The summed E-state index contributed by atoms with van der Waals surface area (Å²) in [6.45, 7) is 0.299. The van der Waals surface area contributed by atoms with E-state index in [0.717, 1.165) is 0 Å². The van der Waals surface area contributed by atoms with Crippen molar-refractivity contribution in [2.75, 3.05) is 32.0 Å². The molecule has 1 heterocycles. The molecule has 2 aromatic carbocycles. The lowest BCUT2D eigenvalue weighted by Crippen LogP contribution is -2.02. The van der Waals surface area contributed by atoms with Gasteiger partial charge in [0.1, 0.15) is 24.2 Å². The zero-order chi connectivity index (χ0) is 20.1. The van der Waals surface area contributed by atoms with Gasteiger partial charge in [-0.15, -0.1) is 11.6 Å². The largest absolute Gasteiger partial charge is 0.497 e. The zero-order valence-electron chi connectivity index (χ0n) is 15.3. The molecule has 0 spiro atoms. The topological polar surface area (TPSA) is 95.8 Å². The Morgan fingerprint density at radius 1 is 1.14 bits per heavy atom. The van der Waals surface area contributed by atoms with Crippen molar-refractivity contribution in [1.29, 1.82) is 0 Å². The average molecular weight is 404 g/mol. The summed E-state index contributed by atoms with van der Waals surface area (Å²) in [5.41, 5.74) is 1.34. The van der Waals surface area contributed by atoms with Gasteiger partial charge in [-0.2, -0.15) is 0 Å². The maximum atomic E-state index is 11.6. The highest BCUT2D eigenvalue weighted by atomic mass is 35.5. The minimum Gasteiger partial charge on any atom is -0.497 e. The number of methoxy groups -OCH3 is 2. The first-order chi connectivity index (χ1) is 13.6. The van der Waals surface area contributed by atoms with E-state index in [1.807, 2.05) is 0 Å². The molecule has 0 saturated heterocycles. The molecule has 1 aromatic heterocycles. The van der Waals surface area contributed by atoms with Crippen molar-refractivity contribution in [2.45, 2.75) is 0 Å². The average Bonchev–Trinajstić information content (AvgIpc) is 2.72. The van der Waals surface area contributed by atoms with E-state index < -0.39 is 4.92 Å². The van der Waals surface area contributed by atoms with E-state index in [-0.39, 0.29) is 5.69 Å². The Kier molecular flexibility index (Phi) is 6.00. The van der Waals surface area contributed by atoms with Gasteiger partial charge in [-0.3, -0.25) is 10.1 Å². The van der Waals surface area contributed by atoms with Crippen molar-refractivity contribution in [3.05, 3.63) is 52.7 Å². The highest BCUT2D eigenvalue weighted by Gasteiger charge is 2.20. The first kappa shape index (κ1) is 19.5. The quantitative estimate of drug-likeness (QED) is 0.335. The molecule has 146 valence electrons. The Balaban J connectivity index is 2.13. The van der Waals surface area contributed by atoms with Crippen molar-refractivity contribution in [2.24, 2.45) is 0 Å². The van der Waals surface area contributed by atoms with Crippen molar-refractivity contribution in [3.63, 3.8) is 0 Å². The van der Waals surface area contributed by atoms with Crippen LogP contribution in [0, 0.1) is 10.1 Å². The summed E-state index contributed by atoms with van der Waals surface area (Å²) in [7, 11) is 3.07. The first-order valence-electron chi connectivity index (χ1n) is 8.32. The third kappa shape index (κ3) is 4.01. The van der Waals surface area contributed by atoms with Crippen molar-refractivity contribution >= 4 is 39.6 Å². The lowest BCUT2D eigenvalue weighted by molar-refractivity contribution is -0.384. The molecule has 0 saturated carbocycles. The standard InChI is InChI=1S/C19H18ClN3O5/c1-26-13-5-3-12(4-6-13)22-19-14-9-17(27-2)18(28-8-7-20)10-15(14)21-11-16(19)23(24)25/h3-6,9-11H,7-8H2,1-2H3,(H,21,22). The number of aromatic nitrogens is 1. The lowest BCUT2D eigenvalue weighted by atomic mass is 10.1. The fourth-order valence-electron chi connectivity index (χ4n) is 2.70. The van der Waals surface area contributed by atoms with Gasteiger partial charge >= 0.3 is 5.69 Å². The van der Waals surface area contributed by atoms with Crippen molar-refractivity contribution in [3.8, 4) is 17.2 Å². The molecule has 1 N–H and O–H groups in total. The number of rotatable bonds is 8. The number of hydrogen-bond acceptors (Lipinski definition) is 7. The molecule has 0 fully saturated rings. The van der Waals surface area contributed by atoms with E-state index in [4.69, 9.17) is 25.8 Å². The van der Waals surface area contributed by atoms with Crippen LogP contribution in [0.3, 0.4) is 0 Å². The molecule has 0 radical (unpaired) electrons. The number of halogens is 1. The Morgan fingerprint density at radius 2 is 1.89 bits per heavy atom. The Labute approximate surface area is 166 Å². The summed E-state index contributed by atoms with van der Waals surface area (Å²) in [6, 6.07) is 10.4. The summed E-state index contributed by atoms with van der Waals surface area (Å²) in [6.07, 6.45) is 1.21. The van der Waals surface area contributed by atoms with E-state index in [2.05, 4.69) is 10.3 Å². The summed E-state index contributed by atoms with van der Waals surface area (Å²) in [5, 5.41) is 15.2. The van der Waals surface area contributed by atoms with Gasteiger partial charge in [0.05, 0.1) is 30.5 Å². The fraction of sp³-hybridized carbons (Fsp3) is 0.211. The number of benzene rings is 2. The molecule has 0 atom stereocenters. The van der Waals surface area contributed by atoms with Gasteiger partial charge in [0.25, 0.3) is 0 Å². The molecule has 3 aromatic rings. The van der Waals surface area contributed by atoms with Gasteiger partial charge in [0.2, 0.25) is 0 Å². The molecule has 0 bridgehead atoms. The number of fused-ring (bicyclic) bond motifs is 1. The van der Waals surface area contributed by atoms with E-state index in [9.17, 15) is 10.1 Å². The molecule has 8 nitrogen and oxygen atoms in total. The van der Waals surface area contributed by atoms with Crippen molar-refractivity contribution < 1.29 is 19.1 Å². The van der Waals surface area contributed by atoms with E-state index >= 15 is 0 Å². The molecule has 0 aliphatic heterocycles. The predicted octanol–water partition coefficient (Wildman–Crippen LogP) is 4.52. The second-order valence-electron chi connectivity index (χ2n) is 5.69. The van der Waals surface area contributed by atoms with Crippen LogP contribution >= 0.6 is 11.6 Å². The highest BCUT2D eigenvalue weighted by molar-refractivity contribution is 6.18. The Hall–Kier alpha value is -3.26. The minimum atomic E-state index is -0.483. The van der Waals surface area contributed by atoms with Crippen LogP contribution in [0.15, 0.2) is 42.6 Å². The molecule has 0 aliphatic carbocycles. The number of hydrogen-bond donors (Lipinski definition) is 1. The number of nitrogens with one attached hydrogen (secondary N) is 1. The third-order valence-electron chi connectivity index (χ3n) is 4.02. The Morgan fingerprint density at radius 3 is 2.50 bits per heavy atom. The molecule has 0 amide bonds. The lowest BCUT2D eigenvalue weighted by Gasteiger charge is -2.14. The number of anilines is 2. The number of ether oxygens (including phenoxy) is 3. The molecule has 0 unspecified atom stereocenters. The number of nitrogens with zero attached hydrogens (tertiary/aromatic N) is 2. The normalized spacial score (nSPS) is 10.5. The van der Waals surface area contributed by atoms with Crippen LogP contribution in [0.4, 0.5) is 17.1 Å². The van der Waals surface area contributed by atoms with Crippen LogP contribution in [0.1, 0.15) is 0 Å². The predicted molar refractivity (Wildman–Crippen MR) is 107 cm³/mol. The van der Waals surface area contributed by atoms with E-state index in [0.29, 0.717) is 52.0 Å². The molecular weight excluding hydrogens is 386 g/mol. The summed E-state index contributed by atoms with van der Waals surface area (Å²) < 4.78 is 16.1.